The highest BCUT2D eigenvalue weighted by Gasteiger charge is 2.19. The van der Waals surface area contributed by atoms with Crippen LogP contribution < -0.4 is 16.4 Å². The van der Waals surface area contributed by atoms with Crippen LogP contribution in [0.2, 0.25) is 0 Å². The molecule has 0 fully saturated rings. The highest BCUT2D eigenvalue weighted by atomic mass is 32.2. The summed E-state index contributed by atoms with van der Waals surface area (Å²) in [5.41, 5.74) is 7.68. The Morgan fingerprint density at radius 3 is 2.54 bits per heavy atom. The van der Waals surface area contributed by atoms with E-state index in [9.17, 15) is 17.8 Å². The summed E-state index contributed by atoms with van der Waals surface area (Å²) >= 11 is 0. The lowest BCUT2D eigenvalue weighted by Gasteiger charge is -2.10. The number of amides is 1. The molecule has 1 atom stereocenters. The number of anilines is 4. The maximum atomic E-state index is 14.6. The van der Waals surface area contributed by atoms with Gasteiger partial charge in [-0.1, -0.05) is 0 Å². The number of rotatable bonds is 7. The third-order valence-corrected chi connectivity index (χ3v) is 6.40. The minimum atomic E-state index is -1.49. The van der Waals surface area contributed by atoms with Crippen LogP contribution in [0.4, 0.5) is 31.9 Å². The van der Waals surface area contributed by atoms with Crippen LogP contribution in [0.3, 0.4) is 0 Å². The first-order chi connectivity index (χ1) is 18.8. The summed E-state index contributed by atoms with van der Waals surface area (Å²) in [5, 5.41) is 9.95. The van der Waals surface area contributed by atoms with Crippen molar-refractivity contribution in [2.75, 3.05) is 22.6 Å². The second-order valence-corrected chi connectivity index (χ2v) is 9.51. The zero-order valence-corrected chi connectivity index (χ0v) is 21.1. The van der Waals surface area contributed by atoms with E-state index >= 15 is 0 Å². The van der Waals surface area contributed by atoms with Gasteiger partial charge in [-0.05, 0) is 60.7 Å². The first kappa shape index (κ1) is 25.6. The Balaban J connectivity index is 1.38. The lowest BCUT2D eigenvalue weighted by molar-refractivity contribution is 0.102. The Morgan fingerprint density at radius 1 is 1.00 bits per heavy atom. The zero-order valence-electron chi connectivity index (χ0n) is 20.3. The molecule has 0 aliphatic rings. The molecule has 0 radical (unpaired) electrons. The molecule has 3 aromatic heterocycles. The molecule has 13 heteroatoms. The van der Waals surface area contributed by atoms with E-state index in [-0.39, 0.29) is 33.9 Å². The smallest absolute Gasteiger partial charge is 0.276 e. The van der Waals surface area contributed by atoms with Crippen molar-refractivity contribution in [3.05, 3.63) is 96.5 Å². The van der Waals surface area contributed by atoms with Crippen LogP contribution in [0.25, 0.3) is 16.9 Å². The summed E-state index contributed by atoms with van der Waals surface area (Å²) in [7, 11) is -1.49. The molecule has 0 spiro atoms. The predicted octanol–water partition coefficient (Wildman–Crippen LogP) is 4.32. The molecule has 10 nitrogen and oxygen atoms in total. The number of aromatic nitrogens is 5. The molecule has 39 heavy (non-hydrogen) atoms. The number of nitrogen functional groups attached to an aromatic ring is 1. The monoisotopic (exact) mass is 546 g/mol. The molecule has 0 bridgehead atoms. The minimum absolute atomic E-state index is 0.0105. The van der Waals surface area contributed by atoms with Crippen molar-refractivity contribution >= 4 is 39.8 Å². The fourth-order valence-corrected chi connectivity index (χ4v) is 4.33. The molecule has 196 valence electrons. The normalized spacial score (nSPS) is 11.7. The van der Waals surface area contributed by atoms with Crippen LogP contribution in [0.1, 0.15) is 10.5 Å². The molecule has 3 heterocycles. The predicted molar refractivity (Wildman–Crippen MR) is 143 cm³/mol. The molecule has 1 amide bonds. The molecular weight excluding hydrogens is 526 g/mol. The highest BCUT2D eigenvalue weighted by molar-refractivity contribution is 7.84. The number of nitrogens with one attached hydrogen (secondary N) is 2. The van der Waals surface area contributed by atoms with Crippen LogP contribution in [-0.2, 0) is 10.8 Å². The van der Waals surface area contributed by atoms with Gasteiger partial charge < -0.3 is 16.4 Å². The average molecular weight is 547 g/mol. The van der Waals surface area contributed by atoms with E-state index < -0.39 is 28.3 Å². The second-order valence-electron chi connectivity index (χ2n) is 8.19. The van der Waals surface area contributed by atoms with E-state index in [1.807, 2.05) is 0 Å². The number of hydrogen-bond donors (Lipinski definition) is 3. The van der Waals surface area contributed by atoms with Crippen molar-refractivity contribution in [3.8, 4) is 16.9 Å². The Kier molecular flexibility index (Phi) is 7.06. The quantitative estimate of drug-likeness (QED) is 0.274. The maximum absolute atomic E-state index is 14.6. The molecule has 0 aliphatic heterocycles. The van der Waals surface area contributed by atoms with Crippen LogP contribution in [0.5, 0.6) is 0 Å². The van der Waals surface area contributed by atoms with Crippen molar-refractivity contribution in [1.82, 2.24) is 24.7 Å². The summed E-state index contributed by atoms with van der Waals surface area (Å²) in [6, 6.07) is 15.8. The van der Waals surface area contributed by atoms with E-state index in [1.54, 1.807) is 24.4 Å². The van der Waals surface area contributed by atoms with E-state index in [4.69, 9.17) is 5.73 Å². The molecule has 5 aromatic rings. The number of carbonyl (C=O) groups excluding carboxylic acids is 1. The van der Waals surface area contributed by atoms with Crippen LogP contribution in [0.15, 0.2) is 84.1 Å². The standard InChI is InChI=1S/C26H20F2N8O2S/c1-39(38)23-14-22(35-36(23)17-7-4-15(27)5-8-17)25(37)32-16-6-9-19(28)21(13-16)34-26-31-12-10-20(33-26)18-3-2-11-30-24(18)29/h2-14H,1H3,(H2,29,30)(H,32,37)(H,31,33,34). The SMILES string of the molecule is CS(=O)c1cc(C(=O)Nc2ccc(F)c(Nc3nccc(-c4cccnc4N)n3)c2)nn1-c1ccc(F)cc1. The summed E-state index contributed by atoms with van der Waals surface area (Å²) < 4.78 is 41.5. The van der Waals surface area contributed by atoms with Crippen LogP contribution >= 0.6 is 0 Å². The van der Waals surface area contributed by atoms with Gasteiger partial charge in [0.1, 0.15) is 22.5 Å². The summed E-state index contributed by atoms with van der Waals surface area (Å²) in [6.07, 6.45) is 4.49. The second kappa shape index (κ2) is 10.8. The number of nitrogens with two attached hydrogens (primary N) is 1. The number of nitrogens with zero attached hydrogens (tertiary/aromatic N) is 5. The molecule has 5 rings (SSSR count). The number of carbonyl (C=O) groups is 1. The highest BCUT2D eigenvalue weighted by Crippen LogP contribution is 2.26. The molecule has 2 aromatic carbocycles. The first-order valence-electron chi connectivity index (χ1n) is 11.4. The van der Waals surface area contributed by atoms with Gasteiger partial charge >= 0.3 is 0 Å². The molecular formula is C26H20F2N8O2S. The average Bonchev–Trinajstić information content (AvgIpc) is 3.38. The van der Waals surface area contributed by atoms with Gasteiger partial charge in [0.05, 0.1) is 27.9 Å². The number of pyridine rings is 1. The Morgan fingerprint density at radius 2 is 1.79 bits per heavy atom. The van der Waals surface area contributed by atoms with Crippen molar-refractivity contribution in [2.24, 2.45) is 0 Å². The fourth-order valence-electron chi connectivity index (χ4n) is 3.66. The maximum Gasteiger partial charge on any atom is 0.276 e. The molecule has 0 saturated carbocycles. The topological polar surface area (TPSA) is 141 Å². The van der Waals surface area contributed by atoms with E-state index in [0.29, 0.717) is 16.9 Å². The third-order valence-electron chi connectivity index (χ3n) is 5.52. The van der Waals surface area contributed by atoms with Crippen molar-refractivity contribution in [2.45, 2.75) is 5.03 Å². The molecule has 0 saturated heterocycles. The molecule has 1 unspecified atom stereocenters. The largest absolute Gasteiger partial charge is 0.383 e. The van der Waals surface area contributed by atoms with Gasteiger partial charge in [-0.25, -0.2) is 28.4 Å². The first-order valence-corrected chi connectivity index (χ1v) is 13.0. The fraction of sp³-hybridized carbons (Fsp3) is 0.0385. The Labute approximate surface area is 223 Å². The van der Waals surface area contributed by atoms with Gasteiger partial charge in [0.25, 0.3) is 5.91 Å². The third kappa shape index (κ3) is 5.62. The van der Waals surface area contributed by atoms with Crippen LogP contribution in [0, 0.1) is 11.6 Å². The minimum Gasteiger partial charge on any atom is -0.383 e. The van der Waals surface area contributed by atoms with Gasteiger partial charge in [-0.15, -0.1) is 0 Å². The zero-order chi connectivity index (χ0) is 27.5. The van der Waals surface area contributed by atoms with Crippen LogP contribution in [-0.4, -0.2) is 41.1 Å². The van der Waals surface area contributed by atoms with E-state index in [2.05, 4.69) is 30.7 Å². The van der Waals surface area contributed by atoms with Crippen molar-refractivity contribution < 1.29 is 17.8 Å². The van der Waals surface area contributed by atoms with E-state index in [1.165, 1.54) is 65.7 Å². The summed E-state index contributed by atoms with van der Waals surface area (Å²) in [5.74, 6) is -1.28. The number of hydrogen-bond acceptors (Lipinski definition) is 8. The Hall–Kier alpha value is -5.04. The van der Waals surface area contributed by atoms with Gasteiger partial charge in [-0.2, -0.15) is 5.10 Å². The van der Waals surface area contributed by atoms with Gasteiger partial charge in [0, 0.05) is 36.0 Å². The van der Waals surface area contributed by atoms with E-state index in [0.717, 1.165) is 0 Å². The molecule has 0 aliphatic carbocycles. The van der Waals surface area contributed by atoms with Gasteiger partial charge in [0.2, 0.25) is 5.95 Å². The van der Waals surface area contributed by atoms with Gasteiger partial charge in [-0.3, -0.25) is 9.00 Å². The number of halogens is 2. The summed E-state index contributed by atoms with van der Waals surface area (Å²) in [4.78, 5) is 25.5. The lowest BCUT2D eigenvalue weighted by Crippen LogP contribution is -2.13. The van der Waals surface area contributed by atoms with Gasteiger partial charge in [0.15, 0.2) is 5.69 Å². The number of benzene rings is 2. The molecule has 4 N–H and O–H groups in total. The lowest BCUT2D eigenvalue weighted by atomic mass is 10.2. The summed E-state index contributed by atoms with van der Waals surface area (Å²) in [6.45, 7) is 0. The van der Waals surface area contributed by atoms with Crippen molar-refractivity contribution in [1.29, 1.82) is 0 Å². The van der Waals surface area contributed by atoms with Crippen molar-refractivity contribution in [3.63, 3.8) is 0 Å². The Bertz CT molecular complexity index is 1710.